The quantitative estimate of drug-likeness (QED) is 0.698. The zero-order valence-electron chi connectivity index (χ0n) is 14.2. The molecule has 1 aromatic heterocycles. The number of hydrogen-bond acceptors (Lipinski definition) is 4. The minimum Gasteiger partial charge on any atom is -0.458 e. The van der Waals surface area contributed by atoms with Crippen molar-refractivity contribution in [1.82, 2.24) is 10.3 Å². The monoisotopic (exact) mass is 368 g/mol. The standard InChI is InChI=1S/C20H17ClN2O3/c1-13-15-9-5-6-10-16(15)23-17(19(13)21)12-26-18(24)11-22-20(25)14-7-3-2-4-8-14/h2-10H,11-12H2,1H3,(H,22,25). The molecule has 3 aromatic rings. The van der Waals surface area contributed by atoms with Crippen LogP contribution in [0.4, 0.5) is 0 Å². The number of benzene rings is 2. The first-order valence-corrected chi connectivity index (χ1v) is 8.46. The van der Waals surface area contributed by atoms with Crippen LogP contribution >= 0.6 is 11.6 Å². The number of pyridine rings is 1. The van der Waals surface area contributed by atoms with Gasteiger partial charge in [0.2, 0.25) is 0 Å². The highest BCUT2D eigenvalue weighted by Crippen LogP contribution is 2.27. The second kappa shape index (κ2) is 7.97. The first-order chi connectivity index (χ1) is 12.6. The molecule has 1 heterocycles. The second-order valence-corrected chi connectivity index (χ2v) is 6.10. The molecule has 0 saturated heterocycles. The largest absolute Gasteiger partial charge is 0.458 e. The lowest BCUT2D eigenvalue weighted by Crippen LogP contribution is -2.30. The van der Waals surface area contributed by atoms with Gasteiger partial charge >= 0.3 is 5.97 Å². The lowest BCUT2D eigenvalue weighted by Gasteiger charge is -2.11. The van der Waals surface area contributed by atoms with Gasteiger partial charge in [0.15, 0.2) is 0 Å². The Hall–Kier alpha value is -2.92. The summed E-state index contributed by atoms with van der Waals surface area (Å²) in [6.45, 7) is 1.63. The summed E-state index contributed by atoms with van der Waals surface area (Å²) in [5.41, 5.74) is 2.65. The van der Waals surface area contributed by atoms with Crippen molar-refractivity contribution < 1.29 is 14.3 Å². The number of ether oxygens (including phenoxy) is 1. The molecular formula is C20H17ClN2O3. The minimum absolute atomic E-state index is 0.0510. The van der Waals surface area contributed by atoms with Gasteiger partial charge in [-0.25, -0.2) is 4.98 Å². The average molecular weight is 369 g/mol. The van der Waals surface area contributed by atoms with Crippen LogP contribution in [0.3, 0.4) is 0 Å². The number of hydrogen-bond donors (Lipinski definition) is 1. The first kappa shape index (κ1) is 17.9. The zero-order valence-corrected chi connectivity index (χ0v) is 14.9. The summed E-state index contributed by atoms with van der Waals surface area (Å²) in [6.07, 6.45) is 0. The third-order valence-corrected chi connectivity index (χ3v) is 4.45. The van der Waals surface area contributed by atoms with E-state index >= 15 is 0 Å². The van der Waals surface area contributed by atoms with Crippen LogP contribution in [0.15, 0.2) is 54.6 Å². The fourth-order valence-electron chi connectivity index (χ4n) is 2.56. The molecule has 0 radical (unpaired) electrons. The molecule has 0 saturated carbocycles. The highest BCUT2D eigenvalue weighted by Gasteiger charge is 2.13. The van der Waals surface area contributed by atoms with E-state index in [1.165, 1.54) is 0 Å². The maximum Gasteiger partial charge on any atom is 0.325 e. The smallest absolute Gasteiger partial charge is 0.325 e. The van der Waals surface area contributed by atoms with Crippen molar-refractivity contribution in [3.63, 3.8) is 0 Å². The van der Waals surface area contributed by atoms with Crippen LogP contribution in [-0.4, -0.2) is 23.4 Å². The third-order valence-electron chi connectivity index (χ3n) is 3.95. The van der Waals surface area contributed by atoms with Crippen molar-refractivity contribution in [1.29, 1.82) is 0 Å². The number of aromatic nitrogens is 1. The number of rotatable bonds is 5. The predicted octanol–water partition coefficient (Wildman–Crippen LogP) is 3.67. The summed E-state index contributed by atoms with van der Waals surface area (Å²) in [7, 11) is 0. The molecule has 1 amide bonds. The van der Waals surface area contributed by atoms with E-state index in [0.717, 1.165) is 16.5 Å². The molecule has 2 aromatic carbocycles. The Morgan fingerprint density at radius 1 is 1.08 bits per heavy atom. The topological polar surface area (TPSA) is 68.3 Å². The Labute approximate surface area is 156 Å². The number of nitrogens with one attached hydrogen (secondary N) is 1. The number of para-hydroxylation sites is 1. The average Bonchev–Trinajstić information content (AvgIpc) is 2.68. The Morgan fingerprint density at radius 2 is 1.77 bits per heavy atom. The van der Waals surface area contributed by atoms with E-state index in [9.17, 15) is 9.59 Å². The zero-order chi connectivity index (χ0) is 18.5. The number of aryl methyl sites for hydroxylation is 1. The number of fused-ring (bicyclic) bond motifs is 1. The van der Waals surface area contributed by atoms with Crippen molar-refractivity contribution in [2.75, 3.05) is 6.54 Å². The van der Waals surface area contributed by atoms with Gasteiger partial charge in [-0.05, 0) is 30.7 Å². The first-order valence-electron chi connectivity index (χ1n) is 8.09. The molecule has 0 fully saturated rings. The number of nitrogens with zero attached hydrogens (tertiary/aromatic N) is 1. The number of esters is 1. The van der Waals surface area contributed by atoms with Gasteiger partial charge in [-0.1, -0.05) is 48.0 Å². The fraction of sp³-hybridized carbons (Fsp3) is 0.150. The molecule has 0 bridgehead atoms. The molecule has 5 nitrogen and oxygen atoms in total. The van der Waals surface area contributed by atoms with Crippen molar-refractivity contribution in [3.05, 3.63) is 76.4 Å². The van der Waals surface area contributed by atoms with E-state index in [1.54, 1.807) is 24.3 Å². The molecule has 6 heteroatoms. The van der Waals surface area contributed by atoms with E-state index in [4.69, 9.17) is 16.3 Å². The van der Waals surface area contributed by atoms with Gasteiger partial charge in [0.05, 0.1) is 16.2 Å². The van der Waals surface area contributed by atoms with Gasteiger partial charge in [-0.3, -0.25) is 9.59 Å². The summed E-state index contributed by atoms with van der Waals surface area (Å²) in [4.78, 5) is 28.3. The summed E-state index contributed by atoms with van der Waals surface area (Å²) < 4.78 is 5.20. The van der Waals surface area contributed by atoms with Crippen LogP contribution in [0.25, 0.3) is 10.9 Å². The fourth-order valence-corrected chi connectivity index (χ4v) is 2.76. The Morgan fingerprint density at radius 3 is 2.54 bits per heavy atom. The van der Waals surface area contributed by atoms with Crippen molar-refractivity contribution >= 4 is 34.4 Å². The van der Waals surface area contributed by atoms with Crippen molar-refractivity contribution in [3.8, 4) is 0 Å². The number of carbonyl (C=O) groups is 2. The van der Waals surface area contributed by atoms with Crippen LogP contribution in [0.1, 0.15) is 21.6 Å². The molecule has 0 aliphatic rings. The number of amides is 1. The summed E-state index contributed by atoms with van der Waals surface area (Å²) in [5.74, 6) is -0.891. The van der Waals surface area contributed by atoms with Crippen LogP contribution in [0.2, 0.25) is 5.02 Å². The van der Waals surface area contributed by atoms with E-state index in [-0.39, 0.29) is 19.1 Å². The van der Waals surface area contributed by atoms with Gasteiger partial charge in [-0.2, -0.15) is 0 Å². The molecule has 132 valence electrons. The van der Waals surface area contributed by atoms with Crippen LogP contribution < -0.4 is 5.32 Å². The molecular weight excluding hydrogens is 352 g/mol. The van der Waals surface area contributed by atoms with Crippen molar-refractivity contribution in [2.45, 2.75) is 13.5 Å². The Kier molecular flexibility index (Phi) is 5.49. The summed E-state index contributed by atoms with van der Waals surface area (Å²) in [5, 5.41) is 3.96. The molecule has 0 aliphatic heterocycles. The highest BCUT2D eigenvalue weighted by molar-refractivity contribution is 6.32. The maximum absolute atomic E-state index is 11.9. The van der Waals surface area contributed by atoms with Gasteiger partial charge < -0.3 is 10.1 Å². The lowest BCUT2D eigenvalue weighted by atomic mass is 10.1. The van der Waals surface area contributed by atoms with E-state index in [2.05, 4.69) is 10.3 Å². The Bertz CT molecular complexity index is 958. The minimum atomic E-state index is -0.557. The van der Waals surface area contributed by atoms with E-state index < -0.39 is 5.97 Å². The van der Waals surface area contributed by atoms with E-state index in [0.29, 0.717) is 16.3 Å². The SMILES string of the molecule is Cc1c(Cl)c(COC(=O)CNC(=O)c2ccccc2)nc2ccccc12. The normalized spacial score (nSPS) is 10.5. The van der Waals surface area contributed by atoms with E-state index in [1.807, 2.05) is 37.3 Å². The van der Waals surface area contributed by atoms with Gasteiger partial charge in [-0.15, -0.1) is 0 Å². The van der Waals surface area contributed by atoms with Gasteiger partial charge in [0, 0.05) is 10.9 Å². The lowest BCUT2D eigenvalue weighted by molar-refractivity contribution is -0.143. The molecule has 1 N–H and O–H groups in total. The Balaban J connectivity index is 1.60. The molecule has 0 unspecified atom stereocenters. The molecule has 3 rings (SSSR count). The number of halogens is 1. The predicted molar refractivity (Wildman–Crippen MR) is 100 cm³/mol. The number of carbonyl (C=O) groups excluding carboxylic acids is 2. The summed E-state index contributed by atoms with van der Waals surface area (Å²) >= 11 is 6.34. The van der Waals surface area contributed by atoms with Crippen LogP contribution in [-0.2, 0) is 16.1 Å². The van der Waals surface area contributed by atoms with Crippen LogP contribution in [0, 0.1) is 6.92 Å². The third kappa shape index (κ3) is 4.00. The maximum atomic E-state index is 11.9. The molecule has 0 atom stereocenters. The van der Waals surface area contributed by atoms with Crippen LogP contribution in [0.5, 0.6) is 0 Å². The van der Waals surface area contributed by atoms with Crippen molar-refractivity contribution in [2.24, 2.45) is 0 Å². The second-order valence-electron chi connectivity index (χ2n) is 5.72. The molecule has 0 aliphatic carbocycles. The van der Waals surface area contributed by atoms with Gasteiger partial charge in [0.1, 0.15) is 13.2 Å². The highest BCUT2D eigenvalue weighted by atomic mass is 35.5. The summed E-state index contributed by atoms with van der Waals surface area (Å²) in [6, 6.07) is 16.3. The molecule has 0 spiro atoms. The molecule has 26 heavy (non-hydrogen) atoms. The van der Waals surface area contributed by atoms with Gasteiger partial charge in [0.25, 0.3) is 5.91 Å².